The lowest BCUT2D eigenvalue weighted by Gasteiger charge is -2.33. The van der Waals surface area contributed by atoms with Gasteiger partial charge in [0, 0.05) is 18.4 Å². The summed E-state index contributed by atoms with van der Waals surface area (Å²) in [5.74, 6) is -0.160. The summed E-state index contributed by atoms with van der Waals surface area (Å²) < 4.78 is 24.2. The van der Waals surface area contributed by atoms with Crippen LogP contribution in [0.3, 0.4) is 0 Å². The van der Waals surface area contributed by atoms with Gasteiger partial charge in [-0.2, -0.15) is 0 Å². The number of ether oxygens (including phenoxy) is 2. The molecule has 1 aliphatic heterocycles. The zero-order chi connectivity index (χ0) is 17.6. The Morgan fingerprint density at radius 3 is 2.96 bits per heavy atom. The third-order valence-corrected chi connectivity index (χ3v) is 4.00. The van der Waals surface area contributed by atoms with Crippen LogP contribution >= 0.6 is 0 Å². The molecule has 8 heteroatoms. The standard InChI is InChI=1S/C17H19FN4O3/c1-24-15-3-2-11(8-12(15)18)17(23)22-13-5-7-25-9-14(13)21-16-4-6-19-10-20-16/h2-4,6,8,10,13-14H,5,7,9H2,1H3,(H,22,23)(H,19,20,21)/t13-,14+/m0/s1. The summed E-state index contributed by atoms with van der Waals surface area (Å²) in [5, 5.41) is 6.17. The normalized spacial score (nSPS) is 19.9. The molecule has 0 saturated carbocycles. The van der Waals surface area contributed by atoms with E-state index in [0.29, 0.717) is 25.5 Å². The van der Waals surface area contributed by atoms with Crippen LogP contribution in [0.15, 0.2) is 36.8 Å². The van der Waals surface area contributed by atoms with Crippen LogP contribution in [0.1, 0.15) is 16.8 Å². The molecule has 2 atom stereocenters. The molecule has 2 aromatic rings. The molecule has 0 unspecified atom stereocenters. The Morgan fingerprint density at radius 2 is 2.24 bits per heavy atom. The van der Waals surface area contributed by atoms with E-state index < -0.39 is 5.82 Å². The Morgan fingerprint density at radius 1 is 1.36 bits per heavy atom. The van der Waals surface area contributed by atoms with Crippen molar-refractivity contribution in [3.63, 3.8) is 0 Å². The van der Waals surface area contributed by atoms with Crippen molar-refractivity contribution in [1.82, 2.24) is 15.3 Å². The number of carbonyl (C=O) groups is 1. The van der Waals surface area contributed by atoms with Gasteiger partial charge in [0.05, 0.1) is 25.8 Å². The van der Waals surface area contributed by atoms with Crippen molar-refractivity contribution in [3.8, 4) is 5.75 Å². The highest BCUT2D eigenvalue weighted by molar-refractivity contribution is 5.94. The van der Waals surface area contributed by atoms with E-state index in [1.165, 1.54) is 31.6 Å². The predicted octanol–water partition coefficient (Wildman–Crippen LogP) is 1.62. The van der Waals surface area contributed by atoms with Gasteiger partial charge in [0.25, 0.3) is 5.91 Å². The molecule has 0 spiro atoms. The SMILES string of the molecule is COc1ccc(C(=O)N[C@H]2CCOC[C@H]2Nc2ccncn2)cc1F. The van der Waals surface area contributed by atoms with E-state index in [1.807, 2.05) is 0 Å². The number of methoxy groups -OCH3 is 1. The number of rotatable bonds is 5. The third-order valence-electron chi connectivity index (χ3n) is 4.00. The first-order valence-corrected chi connectivity index (χ1v) is 7.92. The lowest BCUT2D eigenvalue weighted by Crippen LogP contribution is -2.52. The first kappa shape index (κ1) is 17.1. The first-order valence-electron chi connectivity index (χ1n) is 7.92. The number of carbonyl (C=O) groups excluding carboxylic acids is 1. The van der Waals surface area contributed by atoms with Gasteiger partial charge in [0.2, 0.25) is 0 Å². The third kappa shape index (κ3) is 4.21. The number of halogens is 1. The van der Waals surface area contributed by atoms with Crippen molar-refractivity contribution in [3.05, 3.63) is 48.2 Å². The molecule has 132 valence electrons. The van der Waals surface area contributed by atoms with Crippen molar-refractivity contribution in [2.24, 2.45) is 0 Å². The highest BCUT2D eigenvalue weighted by Gasteiger charge is 2.28. The van der Waals surface area contributed by atoms with Crippen LogP contribution in [0.2, 0.25) is 0 Å². The van der Waals surface area contributed by atoms with E-state index in [0.717, 1.165) is 0 Å². The summed E-state index contributed by atoms with van der Waals surface area (Å²) in [6.45, 7) is 0.982. The van der Waals surface area contributed by atoms with E-state index in [1.54, 1.807) is 12.3 Å². The predicted molar refractivity (Wildman–Crippen MR) is 89.1 cm³/mol. The maximum atomic E-state index is 13.8. The molecule has 25 heavy (non-hydrogen) atoms. The molecule has 1 fully saturated rings. The van der Waals surface area contributed by atoms with Crippen LogP contribution in [0.25, 0.3) is 0 Å². The van der Waals surface area contributed by atoms with Gasteiger partial charge in [-0.3, -0.25) is 4.79 Å². The minimum Gasteiger partial charge on any atom is -0.494 e. The van der Waals surface area contributed by atoms with E-state index in [-0.39, 0.29) is 29.3 Å². The number of amides is 1. The van der Waals surface area contributed by atoms with Crippen LogP contribution in [-0.4, -0.2) is 48.3 Å². The largest absolute Gasteiger partial charge is 0.494 e. The minimum absolute atomic E-state index is 0.103. The average molecular weight is 346 g/mol. The molecule has 1 aromatic heterocycles. The van der Waals surface area contributed by atoms with Crippen molar-refractivity contribution < 1.29 is 18.7 Å². The molecule has 1 aliphatic rings. The second-order valence-corrected chi connectivity index (χ2v) is 5.64. The topological polar surface area (TPSA) is 85.4 Å². The van der Waals surface area contributed by atoms with Crippen molar-refractivity contribution in [1.29, 1.82) is 0 Å². The molecule has 1 aromatic carbocycles. The fraction of sp³-hybridized carbons (Fsp3) is 0.353. The van der Waals surface area contributed by atoms with Crippen LogP contribution in [0, 0.1) is 5.82 Å². The molecule has 7 nitrogen and oxygen atoms in total. The number of benzene rings is 1. The number of hydrogen-bond donors (Lipinski definition) is 2. The monoisotopic (exact) mass is 346 g/mol. The molecule has 0 bridgehead atoms. The smallest absolute Gasteiger partial charge is 0.251 e. The number of anilines is 1. The summed E-state index contributed by atoms with van der Waals surface area (Å²) >= 11 is 0. The number of nitrogens with zero attached hydrogens (tertiary/aromatic N) is 2. The Hall–Kier alpha value is -2.74. The molecule has 3 rings (SSSR count). The van der Waals surface area contributed by atoms with Gasteiger partial charge in [-0.15, -0.1) is 0 Å². The van der Waals surface area contributed by atoms with E-state index in [2.05, 4.69) is 20.6 Å². The van der Waals surface area contributed by atoms with Crippen molar-refractivity contribution in [2.75, 3.05) is 25.6 Å². The highest BCUT2D eigenvalue weighted by Crippen LogP contribution is 2.19. The van der Waals surface area contributed by atoms with E-state index in [4.69, 9.17) is 9.47 Å². The van der Waals surface area contributed by atoms with Gasteiger partial charge in [-0.05, 0) is 30.7 Å². The maximum Gasteiger partial charge on any atom is 0.251 e. The summed E-state index contributed by atoms with van der Waals surface area (Å²) in [6.07, 6.45) is 3.72. The Bertz CT molecular complexity index is 729. The lowest BCUT2D eigenvalue weighted by atomic mass is 10.0. The molecule has 1 saturated heterocycles. The van der Waals surface area contributed by atoms with Gasteiger partial charge >= 0.3 is 0 Å². The number of hydrogen-bond acceptors (Lipinski definition) is 6. The second kappa shape index (κ2) is 7.89. The van der Waals surface area contributed by atoms with Gasteiger partial charge in [-0.1, -0.05) is 0 Å². The van der Waals surface area contributed by atoms with Crippen LogP contribution < -0.4 is 15.4 Å². The molecule has 0 radical (unpaired) electrons. The summed E-state index contributed by atoms with van der Waals surface area (Å²) in [4.78, 5) is 20.4. The Labute approximate surface area is 144 Å². The number of aromatic nitrogens is 2. The summed E-state index contributed by atoms with van der Waals surface area (Å²) in [5.41, 5.74) is 0.241. The molecule has 2 N–H and O–H groups in total. The van der Waals surface area contributed by atoms with Crippen molar-refractivity contribution in [2.45, 2.75) is 18.5 Å². The first-order chi connectivity index (χ1) is 12.2. The van der Waals surface area contributed by atoms with Crippen molar-refractivity contribution >= 4 is 11.7 Å². The van der Waals surface area contributed by atoms with Gasteiger partial charge in [0.15, 0.2) is 11.6 Å². The number of nitrogens with one attached hydrogen (secondary N) is 2. The second-order valence-electron chi connectivity index (χ2n) is 5.64. The zero-order valence-corrected chi connectivity index (χ0v) is 13.7. The molecule has 2 heterocycles. The molecule has 0 aliphatic carbocycles. The zero-order valence-electron chi connectivity index (χ0n) is 13.7. The lowest BCUT2D eigenvalue weighted by molar-refractivity contribution is 0.0620. The molecule has 1 amide bonds. The minimum atomic E-state index is -0.571. The Balaban J connectivity index is 1.68. The van der Waals surface area contributed by atoms with E-state index in [9.17, 15) is 9.18 Å². The fourth-order valence-electron chi connectivity index (χ4n) is 2.68. The van der Waals surface area contributed by atoms with E-state index >= 15 is 0 Å². The quantitative estimate of drug-likeness (QED) is 0.856. The maximum absolute atomic E-state index is 13.8. The molecular weight excluding hydrogens is 327 g/mol. The average Bonchev–Trinajstić information content (AvgIpc) is 2.64. The fourth-order valence-corrected chi connectivity index (χ4v) is 2.68. The van der Waals surface area contributed by atoms with Crippen LogP contribution in [-0.2, 0) is 4.74 Å². The van der Waals surface area contributed by atoms with Crippen LogP contribution in [0.5, 0.6) is 5.75 Å². The van der Waals surface area contributed by atoms with Gasteiger partial charge in [0.1, 0.15) is 12.1 Å². The highest BCUT2D eigenvalue weighted by atomic mass is 19.1. The van der Waals surface area contributed by atoms with Gasteiger partial charge < -0.3 is 20.1 Å². The van der Waals surface area contributed by atoms with Crippen LogP contribution in [0.4, 0.5) is 10.2 Å². The summed E-state index contributed by atoms with van der Waals surface area (Å²) in [7, 11) is 1.38. The summed E-state index contributed by atoms with van der Waals surface area (Å²) in [6, 6.07) is 5.57. The van der Waals surface area contributed by atoms with Gasteiger partial charge in [-0.25, -0.2) is 14.4 Å². The Kier molecular flexibility index (Phi) is 5.39. The molecular formula is C17H19FN4O3.